The molecule has 0 saturated heterocycles. The molecule has 2 aromatic heterocycles. The zero-order valence-electron chi connectivity index (χ0n) is 14.5. The second-order valence-electron chi connectivity index (χ2n) is 5.87. The van der Waals surface area contributed by atoms with Gasteiger partial charge in [0.05, 0.1) is 27.2 Å². The van der Waals surface area contributed by atoms with Crippen LogP contribution < -0.4 is 0 Å². The number of nitrogens with zero attached hydrogens (tertiary/aromatic N) is 2. The molecule has 0 fully saturated rings. The number of carbonyl (C=O) groups excluding carboxylic acids is 1. The summed E-state index contributed by atoms with van der Waals surface area (Å²) in [6, 6.07) is 17.2. The van der Waals surface area contributed by atoms with E-state index in [2.05, 4.69) is 10.1 Å². The highest BCUT2D eigenvalue weighted by molar-refractivity contribution is 7.98. The van der Waals surface area contributed by atoms with Crippen molar-refractivity contribution < 1.29 is 14.1 Å². The molecular weight excluding hydrogens is 380 g/mol. The molecule has 0 aliphatic heterocycles. The summed E-state index contributed by atoms with van der Waals surface area (Å²) < 4.78 is 11.8. The van der Waals surface area contributed by atoms with Gasteiger partial charge in [-0.05, 0) is 31.2 Å². The van der Waals surface area contributed by atoms with E-state index in [1.807, 2.05) is 55.5 Å². The van der Waals surface area contributed by atoms with Gasteiger partial charge in [0.2, 0.25) is 0 Å². The Labute approximate surface area is 164 Å². The van der Waals surface area contributed by atoms with Crippen LogP contribution >= 0.6 is 23.1 Å². The number of aromatic nitrogens is 2. The number of ether oxygens (including phenoxy) is 1. The molecule has 0 aliphatic rings. The van der Waals surface area contributed by atoms with Crippen molar-refractivity contribution in [3.8, 4) is 0 Å². The third kappa shape index (κ3) is 4.20. The summed E-state index contributed by atoms with van der Waals surface area (Å²) in [7, 11) is 0. The molecule has 27 heavy (non-hydrogen) atoms. The lowest BCUT2D eigenvalue weighted by Gasteiger charge is -2.07. The third-order valence-electron chi connectivity index (χ3n) is 3.82. The van der Waals surface area contributed by atoms with Gasteiger partial charge in [0.1, 0.15) is 17.4 Å². The largest absolute Gasteiger partial charge is 0.455 e. The number of hydrogen-bond donors (Lipinski definition) is 0. The van der Waals surface area contributed by atoms with Crippen molar-refractivity contribution in [3.63, 3.8) is 0 Å². The average Bonchev–Trinajstić information content (AvgIpc) is 3.30. The fraction of sp³-hybridized carbons (Fsp3) is 0.150. The Morgan fingerprint density at radius 3 is 2.81 bits per heavy atom. The number of fused-ring (bicyclic) bond motifs is 1. The van der Waals surface area contributed by atoms with Gasteiger partial charge in [0.25, 0.3) is 0 Å². The van der Waals surface area contributed by atoms with Crippen LogP contribution in [0.3, 0.4) is 0 Å². The van der Waals surface area contributed by atoms with Crippen molar-refractivity contribution in [2.45, 2.75) is 24.2 Å². The van der Waals surface area contributed by atoms with Crippen LogP contribution in [0.1, 0.15) is 26.8 Å². The number of benzene rings is 2. The fourth-order valence-corrected chi connectivity index (χ4v) is 4.38. The minimum Gasteiger partial charge on any atom is -0.455 e. The predicted octanol–water partition coefficient (Wildman–Crippen LogP) is 5.24. The third-order valence-corrected chi connectivity index (χ3v) is 5.92. The standard InChI is InChI=1S/C20H16N2O3S2/c1-13-10-14(25-22-13)12-26-17-8-4-2-6-15(17)20(23)24-11-19-21-16-7-3-5-9-18(16)27-19/h2-10H,11-12H2,1H3. The number of carbonyl (C=O) groups is 1. The van der Waals surface area contributed by atoms with E-state index in [1.54, 1.807) is 6.07 Å². The lowest BCUT2D eigenvalue weighted by molar-refractivity contribution is 0.0468. The lowest BCUT2D eigenvalue weighted by atomic mass is 10.2. The molecule has 0 atom stereocenters. The Hall–Kier alpha value is -2.64. The molecule has 136 valence electrons. The number of aryl methyl sites for hydroxylation is 1. The number of esters is 1. The van der Waals surface area contributed by atoms with Crippen LogP contribution in [0.25, 0.3) is 10.2 Å². The second kappa shape index (κ2) is 7.94. The van der Waals surface area contributed by atoms with Crippen molar-refractivity contribution in [2.24, 2.45) is 0 Å². The molecule has 2 aromatic carbocycles. The monoisotopic (exact) mass is 396 g/mol. The van der Waals surface area contributed by atoms with Crippen LogP contribution in [0.4, 0.5) is 0 Å². The molecule has 4 rings (SSSR count). The molecule has 0 unspecified atom stereocenters. The van der Waals surface area contributed by atoms with Gasteiger partial charge in [-0.15, -0.1) is 23.1 Å². The van der Waals surface area contributed by atoms with E-state index in [-0.39, 0.29) is 12.6 Å². The Bertz CT molecular complexity index is 1050. The minimum absolute atomic E-state index is 0.165. The van der Waals surface area contributed by atoms with E-state index in [4.69, 9.17) is 9.26 Å². The molecule has 0 bridgehead atoms. The van der Waals surface area contributed by atoms with E-state index in [0.717, 1.165) is 31.6 Å². The molecule has 0 aliphatic carbocycles. The van der Waals surface area contributed by atoms with Crippen molar-refractivity contribution in [3.05, 3.63) is 76.6 Å². The normalized spacial score (nSPS) is 11.0. The zero-order chi connectivity index (χ0) is 18.6. The molecule has 0 radical (unpaired) electrons. The first-order valence-electron chi connectivity index (χ1n) is 8.34. The number of thioether (sulfide) groups is 1. The number of rotatable bonds is 6. The van der Waals surface area contributed by atoms with Gasteiger partial charge >= 0.3 is 5.97 Å². The van der Waals surface area contributed by atoms with E-state index in [0.29, 0.717) is 11.3 Å². The van der Waals surface area contributed by atoms with Crippen LogP contribution in [-0.4, -0.2) is 16.1 Å². The van der Waals surface area contributed by atoms with Crippen LogP contribution in [0, 0.1) is 6.92 Å². The topological polar surface area (TPSA) is 65.2 Å². The van der Waals surface area contributed by atoms with Crippen LogP contribution in [-0.2, 0) is 17.1 Å². The average molecular weight is 396 g/mol. The first-order chi connectivity index (χ1) is 13.2. The van der Waals surface area contributed by atoms with Gasteiger partial charge in [-0.25, -0.2) is 9.78 Å². The van der Waals surface area contributed by atoms with Gasteiger partial charge in [0.15, 0.2) is 0 Å². The predicted molar refractivity (Wildman–Crippen MR) is 106 cm³/mol. The molecular formula is C20H16N2O3S2. The lowest BCUT2D eigenvalue weighted by Crippen LogP contribution is -2.06. The summed E-state index contributed by atoms with van der Waals surface area (Å²) in [6.07, 6.45) is 0. The maximum absolute atomic E-state index is 12.6. The summed E-state index contributed by atoms with van der Waals surface area (Å²) in [5.41, 5.74) is 2.31. The first-order valence-corrected chi connectivity index (χ1v) is 10.1. The van der Waals surface area contributed by atoms with E-state index < -0.39 is 0 Å². The van der Waals surface area contributed by atoms with E-state index in [9.17, 15) is 4.79 Å². The quantitative estimate of drug-likeness (QED) is 0.328. The maximum atomic E-state index is 12.6. The number of thiazole rings is 1. The summed E-state index contributed by atoms with van der Waals surface area (Å²) in [6.45, 7) is 2.05. The summed E-state index contributed by atoms with van der Waals surface area (Å²) in [5.74, 6) is 1.02. The highest BCUT2D eigenvalue weighted by atomic mass is 32.2. The van der Waals surface area contributed by atoms with E-state index in [1.165, 1.54) is 23.1 Å². The zero-order valence-corrected chi connectivity index (χ0v) is 16.2. The molecule has 0 N–H and O–H groups in total. The molecule has 0 saturated carbocycles. The molecule has 0 spiro atoms. The van der Waals surface area contributed by atoms with Crippen molar-refractivity contribution in [1.29, 1.82) is 0 Å². The van der Waals surface area contributed by atoms with E-state index >= 15 is 0 Å². The molecule has 5 nitrogen and oxygen atoms in total. The Morgan fingerprint density at radius 2 is 2.00 bits per heavy atom. The van der Waals surface area contributed by atoms with Gasteiger partial charge in [-0.2, -0.15) is 0 Å². The summed E-state index contributed by atoms with van der Waals surface area (Å²) in [4.78, 5) is 17.9. The van der Waals surface area contributed by atoms with Gasteiger partial charge in [-0.3, -0.25) is 0 Å². The Kier molecular flexibility index (Phi) is 5.22. The number of para-hydroxylation sites is 1. The molecule has 4 aromatic rings. The minimum atomic E-state index is -0.355. The van der Waals surface area contributed by atoms with Gasteiger partial charge in [0, 0.05) is 11.0 Å². The Balaban J connectivity index is 1.43. The summed E-state index contributed by atoms with van der Waals surface area (Å²) >= 11 is 3.06. The van der Waals surface area contributed by atoms with Gasteiger partial charge in [-0.1, -0.05) is 29.4 Å². The Morgan fingerprint density at radius 1 is 1.19 bits per heavy atom. The molecule has 0 amide bonds. The number of hydrogen-bond acceptors (Lipinski definition) is 7. The second-order valence-corrected chi connectivity index (χ2v) is 8.00. The fourth-order valence-electron chi connectivity index (χ4n) is 2.58. The molecule has 2 heterocycles. The van der Waals surface area contributed by atoms with Crippen LogP contribution in [0.15, 0.2) is 64.0 Å². The van der Waals surface area contributed by atoms with Crippen molar-refractivity contribution in [2.75, 3.05) is 0 Å². The SMILES string of the molecule is Cc1cc(CSc2ccccc2C(=O)OCc2nc3ccccc3s2)on1. The van der Waals surface area contributed by atoms with Crippen molar-refractivity contribution >= 4 is 39.3 Å². The van der Waals surface area contributed by atoms with Gasteiger partial charge < -0.3 is 9.26 Å². The van der Waals surface area contributed by atoms with Crippen molar-refractivity contribution in [1.82, 2.24) is 10.1 Å². The van der Waals surface area contributed by atoms with Crippen LogP contribution in [0.2, 0.25) is 0 Å². The molecule has 7 heteroatoms. The maximum Gasteiger partial charge on any atom is 0.339 e. The smallest absolute Gasteiger partial charge is 0.339 e. The van der Waals surface area contributed by atoms with Crippen LogP contribution in [0.5, 0.6) is 0 Å². The highest BCUT2D eigenvalue weighted by Gasteiger charge is 2.15. The first kappa shape index (κ1) is 17.8. The summed E-state index contributed by atoms with van der Waals surface area (Å²) in [5, 5.41) is 4.67. The highest BCUT2D eigenvalue weighted by Crippen LogP contribution is 2.28.